The number of aromatic nitrogens is 4. The Labute approximate surface area is 189 Å². The van der Waals surface area contributed by atoms with Crippen molar-refractivity contribution in [3.63, 3.8) is 0 Å². The summed E-state index contributed by atoms with van der Waals surface area (Å²) in [7, 11) is 1.49. The molecule has 4 aromatic rings. The lowest BCUT2D eigenvalue weighted by Crippen LogP contribution is -2.36. The van der Waals surface area contributed by atoms with Crippen molar-refractivity contribution < 1.29 is 19.0 Å². The van der Waals surface area contributed by atoms with Gasteiger partial charge in [-0.3, -0.25) is 0 Å². The van der Waals surface area contributed by atoms with E-state index >= 15 is 0 Å². The molecule has 0 radical (unpaired) electrons. The number of aliphatic hydroxyl groups excluding tert-OH is 1. The summed E-state index contributed by atoms with van der Waals surface area (Å²) in [5, 5.41) is 19.5. The number of halogens is 1. The molecule has 1 fully saturated rings. The zero-order valence-electron chi connectivity index (χ0n) is 18.0. The highest BCUT2D eigenvalue weighted by Gasteiger charge is 2.21. The van der Waals surface area contributed by atoms with Crippen LogP contribution in [0.2, 0.25) is 0 Å². The van der Waals surface area contributed by atoms with Gasteiger partial charge in [-0.1, -0.05) is 6.07 Å². The molecule has 1 unspecified atom stereocenters. The largest absolute Gasteiger partial charge is 0.495 e. The molecule has 0 bridgehead atoms. The highest BCUT2D eigenvalue weighted by molar-refractivity contribution is 5.94. The summed E-state index contributed by atoms with van der Waals surface area (Å²) >= 11 is 0. The minimum absolute atomic E-state index is 0.250. The van der Waals surface area contributed by atoms with Gasteiger partial charge in [0.25, 0.3) is 0 Å². The number of morpholine rings is 1. The molecule has 1 atom stereocenters. The molecule has 1 N–H and O–H groups in total. The minimum Gasteiger partial charge on any atom is -0.495 e. The van der Waals surface area contributed by atoms with Crippen LogP contribution in [0.5, 0.6) is 5.75 Å². The van der Waals surface area contributed by atoms with Gasteiger partial charge in [-0.2, -0.15) is 5.10 Å². The second-order valence-electron chi connectivity index (χ2n) is 7.65. The van der Waals surface area contributed by atoms with E-state index in [1.165, 1.54) is 31.8 Å². The fraction of sp³-hybridized carbons (Fsp3) is 0.250. The van der Waals surface area contributed by atoms with Crippen molar-refractivity contribution >= 4 is 16.6 Å². The first kappa shape index (κ1) is 21.2. The third-order valence-electron chi connectivity index (χ3n) is 5.75. The molecule has 0 amide bonds. The lowest BCUT2D eigenvalue weighted by atomic mass is 9.99. The number of nitrogens with zero attached hydrogens (tertiary/aromatic N) is 5. The van der Waals surface area contributed by atoms with Crippen LogP contribution in [-0.2, 0) is 4.74 Å². The Bertz CT molecular complexity index is 1300. The molecular weight excluding hydrogens is 425 g/mol. The number of anilines is 1. The number of hydrogen-bond acceptors (Lipinski definition) is 8. The lowest BCUT2D eigenvalue weighted by molar-refractivity contribution is 0.122. The van der Waals surface area contributed by atoms with Crippen LogP contribution in [0.4, 0.5) is 10.1 Å². The van der Waals surface area contributed by atoms with Crippen LogP contribution in [0, 0.1) is 5.82 Å². The van der Waals surface area contributed by atoms with Crippen LogP contribution in [0.1, 0.15) is 17.4 Å². The van der Waals surface area contributed by atoms with Crippen molar-refractivity contribution in [1.29, 1.82) is 0 Å². The Morgan fingerprint density at radius 2 is 1.94 bits per heavy atom. The maximum atomic E-state index is 14.9. The first-order valence-corrected chi connectivity index (χ1v) is 10.6. The van der Waals surface area contributed by atoms with Gasteiger partial charge in [0.1, 0.15) is 29.7 Å². The number of rotatable bonds is 5. The number of methoxy groups -OCH3 is 1. The normalized spacial score (nSPS) is 14.9. The summed E-state index contributed by atoms with van der Waals surface area (Å²) in [5.41, 5.74) is 3.16. The smallest absolute Gasteiger partial charge is 0.146 e. The van der Waals surface area contributed by atoms with Crippen LogP contribution >= 0.6 is 0 Å². The lowest BCUT2D eigenvalue weighted by Gasteiger charge is -2.29. The molecule has 1 aliphatic heterocycles. The molecular formula is C24H22FN5O3. The maximum absolute atomic E-state index is 14.9. The maximum Gasteiger partial charge on any atom is 0.146 e. The second kappa shape index (κ2) is 9.05. The molecule has 0 spiro atoms. The molecule has 33 heavy (non-hydrogen) atoms. The van der Waals surface area contributed by atoms with E-state index in [4.69, 9.17) is 9.47 Å². The van der Waals surface area contributed by atoms with Crippen LogP contribution in [0.3, 0.4) is 0 Å². The number of hydrogen-bond donors (Lipinski definition) is 1. The molecule has 3 heterocycles. The van der Waals surface area contributed by atoms with E-state index in [9.17, 15) is 9.50 Å². The molecule has 2 aromatic heterocycles. The Kier molecular flexibility index (Phi) is 5.80. The number of benzene rings is 2. The van der Waals surface area contributed by atoms with Crippen LogP contribution in [0.25, 0.3) is 22.2 Å². The SMILES string of the molecule is COc1ccnnc1C(O)c1ccc(F)c(-c2ncnc3cc(N4CCOCC4)ccc23)c1. The summed E-state index contributed by atoms with van der Waals surface area (Å²) in [6.45, 7) is 2.99. The topological polar surface area (TPSA) is 93.5 Å². The van der Waals surface area contributed by atoms with Gasteiger partial charge < -0.3 is 19.5 Å². The van der Waals surface area contributed by atoms with Gasteiger partial charge in [0.15, 0.2) is 0 Å². The first-order chi connectivity index (χ1) is 16.2. The van der Waals surface area contributed by atoms with Gasteiger partial charge in [-0.15, -0.1) is 5.10 Å². The summed E-state index contributed by atoms with van der Waals surface area (Å²) in [4.78, 5) is 11.0. The van der Waals surface area contributed by atoms with Crippen molar-refractivity contribution in [3.8, 4) is 17.0 Å². The van der Waals surface area contributed by atoms with Crippen molar-refractivity contribution in [3.05, 3.63) is 72.1 Å². The predicted molar refractivity (Wildman–Crippen MR) is 121 cm³/mol. The summed E-state index contributed by atoms with van der Waals surface area (Å²) < 4.78 is 25.7. The monoisotopic (exact) mass is 447 g/mol. The van der Waals surface area contributed by atoms with Crippen molar-refractivity contribution in [2.75, 3.05) is 38.3 Å². The summed E-state index contributed by atoms with van der Waals surface area (Å²) in [6.07, 6.45) is 1.76. The average molecular weight is 447 g/mol. The molecule has 9 heteroatoms. The Hall–Kier alpha value is -3.69. The molecule has 0 aliphatic carbocycles. The molecule has 1 saturated heterocycles. The van der Waals surface area contributed by atoms with Crippen LogP contribution < -0.4 is 9.64 Å². The van der Waals surface area contributed by atoms with Gasteiger partial charge in [0, 0.05) is 35.8 Å². The number of aliphatic hydroxyl groups is 1. The molecule has 1 aliphatic rings. The van der Waals surface area contributed by atoms with Gasteiger partial charge in [0.2, 0.25) is 0 Å². The van der Waals surface area contributed by atoms with E-state index < -0.39 is 11.9 Å². The first-order valence-electron chi connectivity index (χ1n) is 10.6. The quantitative estimate of drug-likeness (QED) is 0.499. The zero-order chi connectivity index (χ0) is 22.8. The van der Waals surface area contributed by atoms with Gasteiger partial charge >= 0.3 is 0 Å². The van der Waals surface area contributed by atoms with E-state index in [1.807, 2.05) is 18.2 Å². The molecule has 168 valence electrons. The highest BCUT2D eigenvalue weighted by atomic mass is 19.1. The second-order valence-corrected chi connectivity index (χ2v) is 7.65. The third-order valence-corrected chi connectivity index (χ3v) is 5.75. The molecule has 8 nitrogen and oxygen atoms in total. The Morgan fingerprint density at radius 3 is 2.76 bits per heavy atom. The minimum atomic E-state index is -1.14. The Morgan fingerprint density at radius 1 is 1.09 bits per heavy atom. The van der Waals surface area contributed by atoms with Crippen molar-refractivity contribution in [1.82, 2.24) is 20.2 Å². The van der Waals surface area contributed by atoms with Crippen LogP contribution in [-0.4, -0.2) is 58.7 Å². The van der Waals surface area contributed by atoms with E-state index in [1.54, 1.807) is 12.1 Å². The van der Waals surface area contributed by atoms with Crippen LogP contribution in [0.15, 0.2) is 55.0 Å². The Balaban J connectivity index is 1.55. The van der Waals surface area contributed by atoms with E-state index in [0.717, 1.165) is 24.2 Å². The number of fused-ring (bicyclic) bond motifs is 1. The fourth-order valence-corrected chi connectivity index (χ4v) is 4.02. The number of ether oxygens (including phenoxy) is 2. The van der Waals surface area contributed by atoms with Crippen molar-refractivity contribution in [2.45, 2.75) is 6.10 Å². The average Bonchev–Trinajstić information content (AvgIpc) is 2.88. The third kappa shape index (κ3) is 4.08. The fourth-order valence-electron chi connectivity index (χ4n) is 4.02. The molecule has 2 aromatic carbocycles. The predicted octanol–water partition coefficient (Wildman–Crippen LogP) is 3.15. The zero-order valence-corrected chi connectivity index (χ0v) is 18.0. The summed E-state index contributed by atoms with van der Waals surface area (Å²) in [6, 6.07) is 11.9. The molecule has 0 saturated carbocycles. The van der Waals surface area contributed by atoms with Crippen molar-refractivity contribution in [2.24, 2.45) is 0 Å². The van der Waals surface area contributed by atoms with E-state index in [0.29, 0.717) is 35.7 Å². The summed E-state index contributed by atoms with van der Waals surface area (Å²) in [5.74, 6) is -0.0548. The van der Waals surface area contributed by atoms with E-state index in [-0.39, 0.29) is 11.3 Å². The molecule has 5 rings (SSSR count). The van der Waals surface area contributed by atoms with Gasteiger partial charge in [-0.05, 0) is 35.9 Å². The standard InChI is InChI=1S/C24H22FN5O3/c1-32-21-6-7-28-29-23(21)24(31)15-2-5-19(25)18(12-15)22-17-4-3-16(13-20(17)26-14-27-22)30-8-10-33-11-9-30/h2-7,12-14,24,31H,8-11H2,1H3. The highest BCUT2D eigenvalue weighted by Crippen LogP contribution is 2.34. The van der Waals surface area contributed by atoms with Gasteiger partial charge in [-0.25, -0.2) is 14.4 Å². The van der Waals surface area contributed by atoms with Gasteiger partial charge in [0.05, 0.1) is 37.7 Å². The van der Waals surface area contributed by atoms with E-state index in [2.05, 4.69) is 25.1 Å².